The summed E-state index contributed by atoms with van der Waals surface area (Å²) in [6, 6.07) is 10.7. The Kier molecular flexibility index (Phi) is 4.42. The van der Waals surface area contributed by atoms with Gasteiger partial charge in [0.05, 0.1) is 11.3 Å². The van der Waals surface area contributed by atoms with Crippen molar-refractivity contribution in [3.63, 3.8) is 0 Å². The quantitative estimate of drug-likeness (QED) is 0.562. The highest BCUT2D eigenvalue weighted by atomic mass is 32.1. The molecule has 0 aliphatic heterocycles. The van der Waals surface area contributed by atoms with Crippen LogP contribution in [0.2, 0.25) is 0 Å². The molecule has 0 saturated heterocycles. The van der Waals surface area contributed by atoms with Crippen molar-refractivity contribution in [3.8, 4) is 17.3 Å². The fourth-order valence-corrected chi connectivity index (χ4v) is 4.07. The third kappa shape index (κ3) is 3.26. The second-order valence-electron chi connectivity index (χ2n) is 5.49. The Morgan fingerprint density at radius 1 is 1.13 bits per heavy atom. The molecule has 3 rings (SSSR count). The van der Waals surface area contributed by atoms with E-state index < -0.39 is 0 Å². The number of allylic oxidation sites excluding steroid dienone is 1. The molecule has 2 nitrogen and oxygen atoms in total. The molecule has 0 spiro atoms. The number of rotatable bonds is 3. The molecule has 0 radical (unpaired) electrons. The number of aryl methyl sites for hydroxylation is 3. The Bertz CT molecular complexity index is 923. The summed E-state index contributed by atoms with van der Waals surface area (Å²) >= 11 is 3.16. The van der Waals surface area contributed by atoms with Crippen LogP contribution in [-0.4, -0.2) is 4.98 Å². The summed E-state index contributed by atoms with van der Waals surface area (Å²) in [4.78, 5) is 5.80. The molecule has 0 amide bonds. The molecule has 0 N–H and O–H groups in total. The number of hydrogen-bond acceptors (Lipinski definition) is 4. The first-order chi connectivity index (χ1) is 11.1. The molecule has 2 heterocycles. The molecule has 0 atom stereocenters. The van der Waals surface area contributed by atoms with Crippen molar-refractivity contribution in [2.75, 3.05) is 0 Å². The molecular weight excluding hydrogens is 320 g/mol. The number of thiazole rings is 1. The molecule has 0 unspecified atom stereocenters. The molecule has 0 aliphatic rings. The van der Waals surface area contributed by atoms with Gasteiger partial charge in [-0.05, 0) is 49.4 Å². The van der Waals surface area contributed by atoms with Crippen LogP contribution in [0.15, 0.2) is 35.0 Å². The first-order valence-electron chi connectivity index (χ1n) is 7.28. The second kappa shape index (κ2) is 6.49. The third-order valence-electron chi connectivity index (χ3n) is 3.69. The predicted octanol–water partition coefficient (Wildman–Crippen LogP) is 5.86. The highest BCUT2D eigenvalue weighted by molar-refractivity contribution is 7.12. The predicted molar refractivity (Wildman–Crippen MR) is 99.6 cm³/mol. The Labute approximate surface area is 144 Å². The van der Waals surface area contributed by atoms with Gasteiger partial charge in [0.2, 0.25) is 0 Å². The van der Waals surface area contributed by atoms with Gasteiger partial charge >= 0.3 is 0 Å². The van der Waals surface area contributed by atoms with Gasteiger partial charge in [0.1, 0.15) is 11.1 Å². The maximum absolute atomic E-state index is 9.49. The molecule has 2 aromatic heterocycles. The summed E-state index contributed by atoms with van der Waals surface area (Å²) in [6.07, 6.45) is 1.94. The van der Waals surface area contributed by atoms with Crippen LogP contribution in [0, 0.1) is 32.1 Å². The number of thiophene rings is 1. The topological polar surface area (TPSA) is 36.7 Å². The van der Waals surface area contributed by atoms with E-state index in [4.69, 9.17) is 0 Å². The number of aromatic nitrogens is 1. The number of nitriles is 1. The third-order valence-corrected chi connectivity index (χ3v) is 5.53. The minimum absolute atomic E-state index is 0.622. The Morgan fingerprint density at radius 2 is 1.96 bits per heavy atom. The minimum Gasteiger partial charge on any atom is -0.235 e. The van der Waals surface area contributed by atoms with Crippen molar-refractivity contribution < 1.29 is 0 Å². The lowest BCUT2D eigenvalue weighted by Crippen LogP contribution is -1.86. The van der Waals surface area contributed by atoms with E-state index in [9.17, 15) is 5.26 Å². The zero-order valence-corrected chi connectivity index (χ0v) is 14.9. The van der Waals surface area contributed by atoms with Crippen LogP contribution in [0.3, 0.4) is 0 Å². The van der Waals surface area contributed by atoms with E-state index in [0.717, 1.165) is 21.1 Å². The van der Waals surface area contributed by atoms with E-state index in [-0.39, 0.29) is 0 Å². The molecule has 3 aromatic rings. The molecule has 0 saturated carbocycles. The average molecular weight is 336 g/mol. The molecule has 0 bridgehead atoms. The van der Waals surface area contributed by atoms with E-state index in [0.29, 0.717) is 5.57 Å². The first-order valence-corrected chi connectivity index (χ1v) is 9.04. The minimum atomic E-state index is 0.622. The Balaban J connectivity index is 1.99. The molecule has 1 aromatic carbocycles. The lowest BCUT2D eigenvalue weighted by atomic mass is 10.0. The standard InChI is InChI=1S/C19H16N2S2/c1-12-4-5-16(14(3)8-12)17-11-23-19(21-17)15(10-20)9-18-13(2)6-7-22-18/h4-9,11H,1-3H3. The smallest absolute Gasteiger partial charge is 0.134 e. The summed E-state index contributed by atoms with van der Waals surface area (Å²) in [7, 11) is 0. The normalized spacial score (nSPS) is 11.5. The first kappa shape index (κ1) is 15.7. The van der Waals surface area contributed by atoms with Crippen LogP contribution in [0.1, 0.15) is 26.6 Å². The van der Waals surface area contributed by atoms with Crippen molar-refractivity contribution in [3.05, 3.63) is 61.6 Å². The van der Waals surface area contributed by atoms with E-state index in [1.807, 2.05) is 16.8 Å². The molecule has 0 fully saturated rings. The van der Waals surface area contributed by atoms with Gasteiger partial charge in [-0.1, -0.05) is 23.8 Å². The van der Waals surface area contributed by atoms with Crippen LogP contribution < -0.4 is 0 Å². The van der Waals surface area contributed by atoms with Gasteiger partial charge in [-0.15, -0.1) is 22.7 Å². The van der Waals surface area contributed by atoms with Crippen molar-refractivity contribution in [2.45, 2.75) is 20.8 Å². The van der Waals surface area contributed by atoms with Gasteiger partial charge in [-0.3, -0.25) is 0 Å². The lowest BCUT2D eigenvalue weighted by Gasteiger charge is -2.03. The van der Waals surface area contributed by atoms with Crippen molar-refractivity contribution in [1.29, 1.82) is 5.26 Å². The highest BCUT2D eigenvalue weighted by Gasteiger charge is 2.11. The van der Waals surface area contributed by atoms with Crippen molar-refractivity contribution in [2.24, 2.45) is 0 Å². The van der Waals surface area contributed by atoms with Gasteiger partial charge in [-0.25, -0.2) is 4.98 Å². The van der Waals surface area contributed by atoms with E-state index in [1.165, 1.54) is 28.0 Å². The van der Waals surface area contributed by atoms with Crippen LogP contribution in [-0.2, 0) is 0 Å². The van der Waals surface area contributed by atoms with Crippen LogP contribution >= 0.6 is 22.7 Å². The maximum Gasteiger partial charge on any atom is 0.134 e. The number of hydrogen-bond donors (Lipinski definition) is 0. The average Bonchev–Trinajstić information content (AvgIpc) is 3.14. The van der Waals surface area contributed by atoms with Gasteiger partial charge in [0.15, 0.2) is 0 Å². The van der Waals surface area contributed by atoms with Crippen molar-refractivity contribution >= 4 is 34.3 Å². The molecule has 4 heteroatoms. The summed E-state index contributed by atoms with van der Waals surface area (Å²) in [5.74, 6) is 0. The largest absolute Gasteiger partial charge is 0.235 e. The summed E-state index contributed by atoms with van der Waals surface area (Å²) in [6.45, 7) is 6.24. The Hall–Kier alpha value is -2.22. The summed E-state index contributed by atoms with van der Waals surface area (Å²) in [5, 5.41) is 14.3. The lowest BCUT2D eigenvalue weighted by molar-refractivity contribution is 1.32. The van der Waals surface area contributed by atoms with Crippen LogP contribution in [0.4, 0.5) is 0 Å². The van der Waals surface area contributed by atoms with Gasteiger partial charge in [-0.2, -0.15) is 5.26 Å². The van der Waals surface area contributed by atoms with E-state index in [1.54, 1.807) is 11.3 Å². The van der Waals surface area contributed by atoms with E-state index >= 15 is 0 Å². The van der Waals surface area contributed by atoms with Crippen LogP contribution in [0.5, 0.6) is 0 Å². The second-order valence-corrected chi connectivity index (χ2v) is 7.30. The highest BCUT2D eigenvalue weighted by Crippen LogP contribution is 2.30. The summed E-state index contributed by atoms with van der Waals surface area (Å²) < 4.78 is 0. The summed E-state index contributed by atoms with van der Waals surface area (Å²) in [5.41, 5.74) is 6.32. The molecule has 114 valence electrons. The zero-order valence-electron chi connectivity index (χ0n) is 13.3. The van der Waals surface area contributed by atoms with Gasteiger partial charge in [0.25, 0.3) is 0 Å². The van der Waals surface area contributed by atoms with Gasteiger partial charge < -0.3 is 0 Å². The fraction of sp³-hybridized carbons (Fsp3) is 0.158. The van der Waals surface area contributed by atoms with Gasteiger partial charge in [0, 0.05) is 15.8 Å². The SMILES string of the molecule is Cc1ccc(-c2csc(C(C#N)=Cc3sccc3C)n2)c(C)c1. The number of nitrogens with zero attached hydrogens (tertiary/aromatic N) is 2. The van der Waals surface area contributed by atoms with E-state index in [2.05, 4.69) is 56.1 Å². The maximum atomic E-state index is 9.49. The number of benzene rings is 1. The van der Waals surface area contributed by atoms with Crippen LogP contribution in [0.25, 0.3) is 22.9 Å². The fourth-order valence-electron chi connectivity index (χ4n) is 2.43. The zero-order chi connectivity index (χ0) is 16.4. The molecule has 23 heavy (non-hydrogen) atoms. The molecular formula is C19H16N2S2. The molecule has 0 aliphatic carbocycles. The monoisotopic (exact) mass is 336 g/mol. The van der Waals surface area contributed by atoms with Crippen molar-refractivity contribution in [1.82, 2.24) is 4.98 Å². The Morgan fingerprint density at radius 3 is 2.61 bits per heavy atom.